The number of fused-ring (bicyclic) bond motifs is 1. The fourth-order valence-electron chi connectivity index (χ4n) is 2.70. The Balaban J connectivity index is 1.84. The monoisotopic (exact) mass is 266 g/mol. The molecule has 18 heavy (non-hydrogen) atoms. The molecule has 1 aromatic carbocycles. The van der Waals surface area contributed by atoms with Gasteiger partial charge in [0.1, 0.15) is 0 Å². The second kappa shape index (κ2) is 7.16. The third-order valence-corrected chi connectivity index (χ3v) is 4.11. The van der Waals surface area contributed by atoms with Crippen molar-refractivity contribution in [3.8, 4) is 0 Å². The minimum atomic E-state index is 0.292. The molecule has 1 aliphatic rings. The van der Waals surface area contributed by atoms with Crippen LogP contribution in [0.15, 0.2) is 24.3 Å². The van der Waals surface area contributed by atoms with Gasteiger partial charge in [0.05, 0.1) is 12.7 Å². The predicted molar refractivity (Wildman–Crippen MR) is 77.2 cm³/mol. The number of alkyl halides is 1. The molecular formula is C16H23ClO. The van der Waals surface area contributed by atoms with Crippen molar-refractivity contribution < 1.29 is 4.74 Å². The summed E-state index contributed by atoms with van der Waals surface area (Å²) in [7, 11) is 0. The van der Waals surface area contributed by atoms with Gasteiger partial charge in [-0.25, -0.2) is 0 Å². The van der Waals surface area contributed by atoms with E-state index in [9.17, 15) is 0 Å². The van der Waals surface area contributed by atoms with Crippen LogP contribution in [0.2, 0.25) is 0 Å². The number of hydrogen-bond donors (Lipinski definition) is 0. The maximum absolute atomic E-state index is 6.26. The van der Waals surface area contributed by atoms with Crippen molar-refractivity contribution in [1.82, 2.24) is 0 Å². The highest BCUT2D eigenvalue weighted by molar-refractivity contribution is 6.20. The van der Waals surface area contributed by atoms with Crippen LogP contribution in [0.4, 0.5) is 0 Å². The van der Waals surface area contributed by atoms with E-state index in [1.54, 1.807) is 0 Å². The Labute approximate surface area is 115 Å². The molecule has 0 saturated heterocycles. The van der Waals surface area contributed by atoms with Gasteiger partial charge in [-0.05, 0) is 43.2 Å². The maximum atomic E-state index is 6.26. The van der Waals surface area contributed by atoms with Crippen molar-refractivity contribution in [3.05, 3.63) is 35.4 Å². The lowest BCUT2D eigenvalue weighted by molar-refractivity contribution is 0.0348. The van der Waals surface area contributed by atoms with Gasteiger partial charge in [-0.15, -0.1) is 11.6 Å². The van der Waals surface area contributed by atoms with Gasteiger partial charge in [-0.3, -0.25) is 0 Å². The quantitative estimate of drug-likeness (QED) is 0.667. The standard InChI is InChI=1S/C16H23ClO/c1-2-6-14(17)8-5-10-16-15-9-4-3-7-13(15)11-12-18-16/h3-4,7,9,14,16H,2,5-6,8,10-12H2,1H3. The highest BCUT2D eigenvalue weighted by Gasteiger charge is 2.20. The first kappa shape index (κ1) is 13.9. The third-order valence-electron chi connectivity index (χ3n) is 3.68. The van der Waals surface area contributed by atoms with Gasteiger partial charge in [0.25, 0.3) is 0 Å². The van der Waals surface area contributed by atoms with Crippen LogP contribution < -0.4 is 0 Å². The van der Waals surface area contributed by atoms with E-state index >= 15 is 0 Å². The van der Waals surface area contributed by atoms with Gasteiger partial charge in [0, 0.05) is 5.38 Å². The van der Waals surface area contributed by atoms with Crippen molar-refractivity contribution in [2.75, 3.05) is 6.61 Å². The van der Waals surface area contributed by atoms with E-state index in [1.807, 2.05) is 0 Å². The molecule has 0 radical (unpaired) electrons. The molecule has 0 aromatic heterocycles. The van der Waals surface area contributed by atoms with E-state index in [2.05, 4.69) is 31.2 Å². The Morgan fingerprint density at radius 1 is 1.33 bits per heavy atom. The molecule has 1 aromatic rings. The third kappa shape index (κ3) is 3.73. The molecule has 2 rings (SSSR count). The lowest BCUT2D eigenvalue weighted by Gasteiger charge is -2.26. The average Bonchev–Trinajstić information content (AvgIpc) is 2.39. The summed E-state index contributed by atoms with van der Waals surface area (Å²) in [6.07, 6.45) is 7.02. The topological polar surface area (TPSA) is 9.23 Å². The molecule has 0 fully saturated rings. The van der Waals surface area contributed by atoms with Crippen LogP contribution in [-0.4, -0.2) is 12.0 Å². The SMILES string of the molecule is CCCC(Cl)CCCC1OCCc2ccccc21. The molecule has 0 saturated carbocycles. The molecule has 0 N–H and O–H groups in total. The van der Waals surface area contributed by atoms with Crippen LogP contribution in [0.3, 0.4) is 0 Å². The van der Waals surface area contributed by atoms with Crippen LogP contribution in [0.5, 0.6) is 0 Å². The van der Waals surface area contributed by atoms with E-state index in [1.165, 1.54) is 17.5 Å². The Morgan fingerprint density at radius 2 is 2.17 bits per heavy atom. The normalized spacial score (nSPS) is 20.4. The van der Waals surface area contributed by atoms with Crippen LogP contribution in [-0.2, 0) is 11.2 Å². The van der Waals surface area contributed by atoms with E-state index < -0.39 is 0 Å². The van der Waals surface area contributed by atoms with Gasteiger partial charge in [0.15, 0.2) is 0 Å². The van der Waals surface area contributed by atoms with Crippen molar-refractivity contribution in [2.45, 2.75) is 56.9 Å². The summed E-state index contributed by atoms with van der Waals surface area (Å²) in [4.78, 5) is 0. The lowest BCUT2D eigenvalue weighted by Crippen LogP contribution is -2.16. The number of halogens is 1. The van der Waals surface area contributed by atoms with Crippen LogP contribution in [0, 0.1) is 0 Å². The zero-order chi connectivity index (χ0) is 12.8. The first-order valence-electron chi connectivity index (χ1n) is 7.14. The second-order valence-corrected chi connectivity index (χ2v) is 5.74. The number of benzene rings is 1. The van der Waals surface area contributed by atoms with E-state index in [0.717, 1.165) is 38.7 Å². The summed E-state index contributed by atoms with van der Waals surface area (Å²) in [5.74, 6) is 0. The van der Waals surface area contributed by atoms with Gasteiger partial charge >= 0.3 is 0 Å². The van der Waals surface area contributed by atoms with Gasteiger partial charge in [0.2, 0.25) is 0 Å². The number of rotatable bonds is 6. The molecule has 0 spiro atoms. The predicted octanol–water partition coefficient (Wildman–Crippen LogP) is 4.88. The summed E-state index contributed by atoms with van der Waals surface area (Å²) in [5, 5.41) is 0.342. The second-order valence-electron chi connectivity index (χ2n) is 5.13. The Bertz CT molecular complexity index is 364. The molecule has 100 valence electrons. The molecule has 1 nitrogen and oxygen atoms in total. The summed E-state index contributed by atoms with van der Waals surface area (Å²) in [5.41, 5.74) is 2.86. The molecular weight excluding hydrogens is 244 g/mol. The van der Waals surface area contributed by atoms with E-state index in [-0.39, 0.29) is 0 Å². The molecule has 2 unspecified atom stereocenters. The largest absolute Gasteiger partial charge is 0.373 e. The van der Waals surface area contributed by atoms with E-state index in [4.69, 9.17) is 16.3 Å². The Hall–Kier alpha value is -0.530. The smallest absolute Gasteiger partial charge is 0.0827 e. The van der Waals surface area contributed by atoms with Crippen LogP contribution >= 0.6 is 11.6 Å². The number of ether oxygens (including phenoxy) is 1. The molecule has 2 atom stereocenters. The minimum Gasteiger partial charge on any atom is -0.373 e. The summed E-state index contributed by atoms with van der Waals surface area (Å²) in [6.45, 7) is 3.05. The van der Waals surface area contributed by atoms with Gasteiger partial charge in [-0.2, -0.15) is 0 Å². The van der Waals surface area contributed by atoms with Crippen molar-refractivity contribution in [3.63, 3.8) is 0 Å². The van der Waals surface area contributed by atoms with E-state index in [0.29, 0.717) is 11.5 Å². The zero-order valence-electron chi connectivity index (χ0n) is 11.2. The van der Waals surface area contributed by atoms with Crippen LogP contribution in [0.1, 0.15) is 56.3 Å². The highest BCUT2D eigenvalue weighted by atomic mass is 35.5. The maximum Gasteiger partial charge on any atom is 0.0827 e. The molecule has 0 amide bonds. The zero-order valence-corrected chi connectivity index (χ0v) is 12.0. The summed E-state index contributed by atoms with van der Waals surface area (Å²) < 4.78 is 5.90. The Morgan fingerprint density at radius 3 is 3.00 bits per heavy atom. The average molecular weight is 267 g/mol. The van der Waals surface area contributed by atoms with Crippen molar-refractivity contribution >= 4 is 11.6 Å². The highest BCUT2D eigenvalue weighted by Crippen LogP contribution is 2.31. The first-order valence-corrected chi connectivity index (χ1v) is 7.58. The molecule has 0 bridgehead atoms. The molecule has 1 aliphatic heterocycles. The summed E-state index contributed by atoms with van der Waals surface area (Å²) >= 11 is 6.26. The fraction of sp³-hybridized carbons (Fsp3) is 0.625. The van der Waals surface area contributed by atoms with Crippen molar-refractivity contribution in [2.24, 2.45) is 0 Å². The Kier molecular flexibility index (Phi) is 5.52. The summed E-state index contributed by atoms with van der Waals surface area (Å²) in [6, 6.07) is 8.68. The first-order chi connectivity index (χ1) is 8.81. The fourth-order valence-corrected chi connectivity index (χ4v) is 3.07. The van der Waals surface area contributed by atoms with Crippen LogP contribution in [0.25, 0.3) is 0 Å². The van der Waals surface area contributed by atoms with Crippen molar-refractivity contribution in [1.29, 1.82) is 0 Å². The minimum absolute atomic E-state index is 0.292. The van der Waals surface area contributed by atoms with Gasteiger partial charge in [-0.1, -0.05) is 37.6 Å². The molecule has 0 aliphatic carbocycles. The lowest BCUT2D eigenvalue weighted by atomic mass is 9.94. The number of hydrogen-bond acceptors (Lipinski definition) is 1. The van der Waals surface area contributed by atoms with Gasteiger partial charge < -0.3 is 4.74 Å². The molecule has 1 heterocycles. The molecule has 2 heteroatoms.